The zero-order chi connectivity index (χ0) is 20.9. The summed E-state index contributed by atoms with van der Waals surface area (Å²) in [5.41, 5.74) is 6.54. The van der Waals surface area contributed by atoms with Crippen LogP contribution in [0.1, 0.15) is 23.7 Å². The van der Waals surface area contributed by atoms with Gasteiger partial charge < -0.3 is 15.8 Å². The molecule has 0 saturated heterocycles. The van der Waals surface area contributed by atoms with Crippen LogP contribution in [0.25, 0.3) is 0 Å². The van der Waals surface area contributed by atoms with Gasteiger partial charge in [-0.2, -0.15) is 0 Å². The lowest BCUT2D eigenvalue weighted by Crippen LogP contribution is -2.32. The number of amides is 2. The smallest absolute Gasteiger partial charge is 0.265 e. The number of hydrogen-bond donors (Lipinski definition) is 2. The number of anilines is 2. The molecule has 0 bridgehead atoms. The highest BCUT2D eigenvalue weighted by atomic mass is 32.2. The quantitative estimate of drug-likeness (QED) is 0.696. The second kappa shape index (κ2) is 8.75. The molecule has 150 valence electrons. The Bertz CT molecular complexity index is 941. The second-order valence-electron chi connectivity index (χ2n) is 6.17. The fourth-order valence-electron chi connectivity index (χ4n) is 2.35. The molecule has 0 aromatic heterocycles. The average molecular weight is 405 g/mol. The highest BCUT2D eigenvalue weighted by Gasteiger charge is 2.19. The van der Waals surface area contributed by atoms with Crippen LogP contribution in [-0.2, 0) is 14.8 Å². The Labute approximate surface area is 164 Å². The molecule has 28 heavy (non-hydrogen) atoms. The van der Waals surface area contributed by atoms with Gasteiger partial charge in [-0.1, -0.05) is 6.92 Å². The minimum absolute atomic E-state index is 0.341. The lowest BCUT2D eigenvalue weighted by atomic mass is 10.2. The Balaban J connectivity index is 2.04. The third-order valence-electron chi connectivity index (χ3n) is 4.08. The fourth-order valence-corrected chi connectivity index (χ4v) is 2.86. The number of primary amides is 1. The largest absolute Gasteiger partial charge is 0.481 e. The van der Waals surface area contributed by atoms with Crippen LogP contribution in [0.5, 0.6) is 5.75 Å². The minimum atomic E-state index is -3.35. The number of sulfonamides is 1. The van der Waals surface area contributed by atoms with Gasteiger partial charge in [0.05, 0.1) is 11.9 Å². The maximum Gasteiger partial charge on any atom is 0.265 e. The Hall–Kier alpha value is -3.07. The number of carbonyl (C=O) groups is 2. The molecular formula is C19H23N3O5S. The van der Waals surface area contributed by atoms with Crippen LogP contribution < -0.4 is 20.1 Å². The van der Waals surface area contributed by atoms with Gasteiger partial charge in [0.15, 0.2) is 6.10 Å². The zero-order valence-electron chi connectivity index (χ0n) is 15.9. The van der Waals surface area contributed by atoms with Crippen molar-refractivity contribution in [2.24, 2.45) is 5.73 Å². The number of nitrogens with one attached hydrogen (secondary N) is 1. The molecule has 0 aliphatic heterocycles. The SMILES string of the molecule is CC[C@@H](Oc1ccc(N(C)S(C)(=O)=O)cc1)C(=O)Nc1ccc(C(N)=O)cc1. The first kappa shape index (κ1) is 21.2. The highest BCUT2D eigenvalue weighted by molar-refractivity contribution is 7.92. The number of hydrogen-bond acceptors (Lipinski definition) is 5. The molecular weight excluding hydrogens is 382 g/mol. The van der Waals surface area contributed by atoms with Gasteiger partial charge in [0.25, 0.3) is 5.91 Å². The summed E-state index contributed by atoms with van der Waals surface area (Å²) in [6, 6.07) is 12.6. The number of nitrogens with two attached hydrogens (primary N) is 1. The van der Waals surface area contributed by atoms with Crippen LogP contribution in [0.4, 0.5) is 11.4 Å². The maximum absolute atomic E-state index is 12.5. The van der Waals surface area contributed by atoms with Gasteiger partial charge in [-0.15, -0.1) is 0 Å². The van der Waals surface area contributed by atoms with E-state index in [-0.39, 0.29) is 5.91 Å². The summed E-state index contributed by atoms with van der Waals surface area (Å²) in [7, 11) is -1.90. The first-order chi connectivity index (χ1) is 13.1. The predicted octanol–water partition coefficient (Wildman–Crippen LogP) is 1.98. The third-order valence-corrected chi connectivity index (χ3v) is 5.28. The van der Waals surface area contributed by atoms with Gasteiger partial charge in [-0.3, -0.25) is 13.9 Å². The van der Waals surface area contributed by atoms with Crippen molar-refractivity contribution < 1.29 is 22.7 Å². The molecule has 0 spiro atoms. The van der Waals surface area contributed by atoms with Gasteiger partial charge >= 0.3 is 0 Å². The fraction of sp³-hybridized carbons (Fsp3) is 0.263. The Kier molecular flexibility index (Phi) is 6.63. The Morgan fingerprint density at radius 3 is 2.14 bits per heavy atom. The lowest BCUT2D eigenvalue weighted by molar-refractivity contribution is -0.122. The minimum Gasteiger partial charge on any atom is -0.481 e. The molecule has 2 rings (SSSR count). The summed E-state index contributed by atoms with van der Waals surface area (Å²) < 4.78 is 30.0. The Morgan fingerprint density at radius 1 is 1.11 bits per heavy atom. The van der Waals surface area contributed by atoms with E-state index in [9.17, 15) is 18.0 Å². The molecule has 0 unspecified atom stereocenters. The number of nitrogens with zero attached hydrogens (tertiary/aromatic N) is 1. The van der Waals surface area contributed by atoms with Gasteiger partial charge in [0, 0.05) is 18.3 Å². The van der Waals surface area contributed by atoms with E-state index >= 15 is 0 Å². The van der Waals surface area contributed by atoms with Crippen LogP contribution in [-0.4, -0.2) is 39.6 Å². The number of carbonyl (C=O) groups excluding carboxylic acids is 2. The van der Waals surface area contributed by atoms with E-state index in [1.54, 1.807) is 36.4 Å². The molecule has 2 aromatic rings. The van der Waals surface area contributed by atoms with E-state index in [0.29, 0.717) is 29.1 Å². The maximum atomic E-state index is 12.5. The molecule has 3 N–H and O–H groups in total. The molecule has 8 nitrogen and oxygen atoms in total. The standard InChI is InChI=1S/C19H23N3O5S/c1-4-17(19(24)21-14-7-5-13(6-8-14)18(20)23)27-16-11-9-15(10-12-16)22(2)28(3,25)26/h5-12,17H,4H2,1-3H3,(H2,20,23)(H,21,24)/t17-/m1/s1. The van der Waals surface area contributed by atoms with E-state index in [2.05, 4.69) is 5.32 Å². The number of rotatable bonds is 8. The molecule has 0 heterocycles. The Morgan fingerprint density at radius 2 is 1.68 bits per heavy atom. The summed E-state index contributed by atoms with van der Waals surface area (Å²) in [6.07, 6.45) is 0.801. The molecule has 2 aromatic carbocycles. The molecule has 2 amide bonds. The summed E-state index contributed by atoms with van der Waals surface area (Å²) in [5, 5.41) is 2.73. The molecule has 9 heteroatoms. The van der Waals surface area contributed by atoms with Crippen LogP contribution in [0, 0.1) is 0 Å². The summed E-state index contributed by atoms with van der Waals surface area (Å²) >= 11 is 0. The number of ether oxygens (including phenoxy) is 1. The van der Waals surface area contributed by atoms with Crippen molar-refractivity contribution in [1.82, 2.24) is 0 Å². The molecule has 0 saturated carbocycles. The first-order valence-electron chi connectivity index (χ1n) is 8.53. The monoisotopic (exact) mass is 405 g/mol. The van der Waals surface area contributed by atoms with Gasteiger partial charge in [0.1, 0.15) is 5.75 Å². The van der Waals surface area contributed by atoms with Crippen LogP contribution in [0.3, 0.4) is 0 Å². The third kappa shape index (κ3) is 5.46. The van der Waals surface area contributed by atoms with Crippen molar-refractivity contribution in [3.8, 4) is 5.75 Å². The topological polar surface area (TPSA) is 119 Å². The molecule has 0 radical (unpaired) electrons. The van der Waals surface area contributed by atoms with Gasteiger partial charge in [0.2, 0.25) is 15.9 Å². The van der Waals surface area contributed by atoms with Crippen molar-refractivity contribution >= 4 is 33.2 Å². The van der Waals surface area contributed by atoms with Crippen LogP contribution in [0.15, 0.2) is 48.5 Å². The van der Waals surface area contributed by atoms with Crippen LogP contribution in [0.2, 0.25) is 0 Å². The molecule has 0 aliphatic carbocycles. The normalized spacial score (nSPS) is 12.1. The van der Waals surface area contributed by atoms with Crippen LogP contribution >= 0.6 is 0 Å². The predicted molar refractivity (Wildman–Crippen MR) is 108 cm³/mol. The van der Waals surface area contributed by atoms with Gasteiger partial charge in [-0.05, 0) is 55.0 Å². The van der Waals surface area contributed by atoms with E-state index in [1.807, 2.05) is 6.92 Å². The first-order valence-corrected chi connectivity index (χ1v) is 10.4. The molecule has 0 fully saturated rings. The molecule has 0 aliphatic rings. The van der Waals surface area contributed by atoms with Crippen molar-refractivity contribution in [3.63, 3.8) is 0 Å². The summed E-state index contributed by atoms with van der Waals surface area (Å²) in [6.45, 7) is 1.81. The lowest BCUT2D eigenvalue weighted by Gasteiger charge is -2.19. The van der Waals surface area contributed by atoms with E-state index < -0.39 is 22.0 Å². The molecule has 1 atom stereocenters. The van der Waals surface area contributed by atoms with Crippen molar-refractivity contribution in [2.75, 3.05) is 22.9 Å². The van der Waals surface area contributed by atoms with E-state index in [1.165, 1.54) is 19.2 Å². The van der Waals surface area contributed by atoms with Crippen molar-refractivity contribution in [3.05, 3.63) is 54.1 Å². The summed E-state index contributed by atoms with van der Waals surface area (Å²) in [4.78, 5) is 23.5. The van der Waals surface area contributed by atoms with E-state index in [0.717, 1.165) is 10.6 Å². The second-order valence-corrected chi connectivity index (χ2v) is 8.18. The number of benzene rings is 2. The van der Waals surface area contributed by atoms with Crippen molar-refractivity contribution in [1.29, 1.82) is 0 Å². The van der Waals surface area contributed by atoms with E-state index in [4.69, 9.17) is 10.5 Å². The van der Waals surface area contributed by atoms with Gasteiger partial charge in [-0.25, -0.2) is 8.42 Å². The summed E-state index contributed by atoms with van der Waals surface area (Å²) in [5.74, 6) is -0.444. The average Bonchev–Trinajstić information content (AvgIpc) is 2.65. The van der Waals surface area contributed by atoms with Crippen molar-refractivity contribution in [2.45, 2.75) is 19.4 Å². The highest BCUT2D eigenvalue weighted by Crippen LogP contribution is 2.22. The zero-order valence-corrected chi connectivity index (χ0v) is 16.7.